The summed E-state index contributed by atoms with van der Waals surface area (Å²) in [5.41, 5.74) is 5.88. The Balaban J connectivity index is 1.54. The highest BCUT2D eigenvalue weighted by molar-refractivity contribution is 5.97. The van der Waals surface area contributed by atoms with Gasteiger partial charge >= 0.3 is 11.9 Å². The van der Waals surface area contributed by atoms with Crippen molar-refractivity contribution in [3.05, 3.63) is 0 Å². The number of carbonyl (C=O) groups is 8. The molecule has 0 aromatic carbocycles. The quantitative estimate of drug-likeness (QED) is 0.107. The monoisotopic (exact) mass is 881 g/mol. The maximum atomic E-state index is 14.9. The number of fused-ring (bicyclic) bond motifs is 3. The highest BCUT2D eigenvalue weighted by Crippen LogP contribution is 2.40. The summed E-state index contributed by atoms with van der Waals surface area (Å²) in [6, 6.07) is -7.29. The number of carboxylic acid groups (broad SMARTS) is 1. The Labute approximate surface area is 359 Å². The first kappa shape index (κ1) is 48.5. The van der Waals surface area contributed by atoms with E-state index >= 15 is 0 Å². The van der Waals surface area contributed by atoms with Crippen LogP contribution in [-0.2, 0) is 47.8 Å². The molecule has 10 N–H and O–H groups in total. The molecule has 6 amide bonds. The molecule has 23 nitrogen and oxygen atoms in total. The summed E-state index contributed by atoms with van der Waals surface area (Å²) in [5, 5.41) is 54.5. The Bertz CT molecular complexity index is 1720. The van der Waals surface area contributed by atoms with E-state index in [0.717, 1.165) is 22.0 Å². The summed E-state index contributed by atoms with van der Waals surface area (Å²) in [7, 11) is 0. The van der Waals surface area contributed by atoms with Crippen molar-refractivity contribution >= 4 is 47.4 Å². The molecule has 11 atom stereocenters. The summed E-state index contributed by atoms with van der Waals surface area (Å²) < 4.78 is 11.8. The third-order valence-electron chi connectivity index (χ3n) is 12.4. The number of carboxylic acids is 1. The number of esters is 1. The fourth-order valence-corrected chi connectivity index (χ4v) is 8.71. The summed E-state index contributed by atoms with van der Waals surface area (Å²) in [6.07, 6.45) is -2.71. The number of rotatable bonds is 8. The molecule has 5 rings (SSSR count). The molecule has 62 heavy (non-hydrogen) atoms. The molecule has 0 aromatic rings. The molecule has 0 bridgehead atoms. The number of hydrogen-bond acceptors (Lipinski definition) is 16. The van der Waals surface area contributed by atoms with Gasteiger partial charge in [0.15, 0.2) is 11.6 Å². The third-order valence-corrected chi connectivity index (χ3v) is 12.4. The second-order valence-corrected chi connectivity index (χ2v) is 17.2. The van der Waals surface area contributed by atoms with Gasteiger partial charge in [-0.3, -0.25) is 48.6 Å². The normalized spacial score (nSPS) is 33.9. The summed E-state index contributed by atoms with van der Waals surface area (Å²) >= 11 is 0. The molecule has 5 aliphatic rings. The molecular formula is C39H63N9O14. The second-order valence-electron chi connectivity index (χ2n) is 17.2. The number of aliphatic hydroxyl groups is 3. The number of cyclic esters (lactones) is 1. The van der Waals surface area contributed by atoms with E-state index in [0.29, 0.717) is 32.4 Å². The van der Waals surface area contributed by atoms with Crippen LogP contribution in [0.25, 0.3) is 0 Å². The van der Waals surface area contributed by atoms with Crippen molar-refractivity contribution in [2.75, 3.05) is 26.2 Å². The Morgan fingerprint density at radius 3 is 2.00 bits per heavy atom. The van der Waals surface area contributed by atoms with Gasteiger partial charge in [-0.05, 0) is 77.0 Å². The van der Waals surface area contributed by atoms with Crippen molar-refractivity contribution in [1.29, 1.82) is 0 Å². The van der Waals surface area contributed by atoms with Crippen LogP contribution in [-0.4, -0.2) is 169 Å². The second kappa shape index (κ2) is 20.3. The average molecular weight is 882 g/mol. The fraction of sp³-hybridized carbons (Fsp3) is 0.795. The van der Waals surface area contributed by atoms with Crippen LogP contribution in [0.5, 0.6) is 0 Å². The zero-order chi connectivity index (χ0) is 45.7. The number of nitrogens with zero attached hydrogens (tertiary/aromatic N) is 3. The number of aliphatic carboxylic acids is 1. The Morgan fingerprint density at radius 2 is 1.44 bits per heavy atom. The van der Waals surface area contributed by atoms with E-state index in [-0.39, 0.29) is 51.5 Å². The lowest BCUT2D eigenvalue weighted by molar-refractivity contribution is -0.328. The molecule has 0 spiro atoms. The number of hydrazine groups is 3. The zero-order valence-corrected chi connectivity index (χ0v) is 35.9. The van der Waals surface area contributed by atoms with Gasteiger partial charge in [-0.25, -0.2) is 21.1 Å². The maximum absolute atomic E-state index is 14.9. The molecule has 348 valence electrons. The molecule has 0 saturated carbocycles. The van der Waals surface area contributed by atoms with E-state index in [1.807, 2.05) is 0 Å². The van der Waals surface area contributed by atoms with Gasteiger partial charge in [0.05, 0.1) is 25.2 Å². The first-order valence-corrected chi connectivity index (χ1v) is 21.5. The highest BCUT2D eigenvalue weighted by Gasteiger charge is 2.58. The minimum Gasteiger partial charge on any atom is -0.481 e. The Kier molecular flexibility index (Phi) is 15.9. The summed E-state index contributed by atoms with van der Waals surface area (Å²) in [5.74, 6) is -11.6. The van der Waals surface area contributed by atoms with Crippen LogP contribution in [0.3, 0.4) is 0 Å². The van der Waals surface area contributed by atoms with E-state index in [4.69, 9.17) is 9.47 Å². The molecule has 23 heteroatoms. The van der Waals surface area contributed by atoms with Gasteiger partial charge in [-0.1, -0.05) is 20.8 Å². The first-order valence-electron chi connectivity index (χ1n) is 21.5. The Morgan fingerprint density at radius 1 is 0.871 bits per heavy atom. The SMILES string of the molecule is CC[C@H]1O[C@@](O)([C@](C)(O)C(=O)N[C@@H]2C(=O)N3NCCC[C@@H]3C(=O)NCC(=O)N3NCCC[C@@H]3C(=O)N3NCCC[C@H]3C(=O)N[C@@H]([C@@H](C)O)C(=O)O[C@H]2C(C)C)CC[C@@H]1CC(=O)O. The van der Waals surface area contributed by atoms with Crippen LogP contribution in [0.2, 0.25) is 0 Å². The number of aliphatic hydroxyl groups excluding tert-OH is 1. The van der Waals surface area contributed by atoms with Crippen molar-refractivity contribution in [2.45, 2.75) is 159 Å². The zero-order valence-electron chi connectivity index (χ0n) is 35.9. The van der Waals surface area contributed by atoms with E-state index in [9.17, 15) is 58.8 Å². The van der Waals surface area contributed by atoms with E-state index in [2.05, 4.69) is 32.2 Å². The lowest BCUT2D eigenvalue weighted by Crippen LogP contribution is -2.70. The van der Waals surface area contributed by atoms with Crippen molar-refractivity contribution in [3.8, 4) is 0 Å². The number of ether oxygens (including phenoxy) is 2. The molecule has 0 radical (unpaired) electrons. The molecule has 5 heterocycles. The lowest BCUT2D eigenvalue weighted by atomic mass is 9.80. The van der Waals surface area contributed by atoms with Gasteiger partial charge in [0.25, 0.3) is 23.6 Å². The topological polar surface area (TPSA) is 318 Å². The van der Waals surface area contributed by atoms with Crippen molar-refractivity contribution < 1.29 is 68.3 Å². The van der Waals surface area contributed by atoms with Crippen molar-refractivity contribution in [1.82, 2.24) is 47.3 Å². The van der Waals surface area contributed by atoms with Crippen LogP contribution < -0.4 is 32.2 Å². The highest BCUT2D eigenvalue weighted by atomic mass is 16.6. The molecule has 5 fully saturated rings. The van der Waals surface area contributed by atoms with Gasteiger partial charge in [0.1, 0.15) is 30.3 Å². The predicted octanol–water partition coefficient (Wildman–Crippen LogP) is -3.36. The van der Waals surface area contributed by atoms with Gasteiger partial charge < -0.3 is 45.9 Å². The summed E-state index contributed by atoms with van der Waals surface area (Å²) in [6.45, 7) is 7.16. The fourth-order valence-electron chi connectivity index (χ4n) is 8.71. The Hall–Kier alpha value is -4.52. The van der Waals surface area contributed by atoms with Gasteiger partial charge in [-0.15, -0.1) is 0 Å². The summed E-state index contributed by atoms with van der Waals surface area (Å²) in [4.78, 5) is 111. The largest absolute Gasteiger partial charge is 0.481 e. The number of nitrogens with one attached hydrogen (secondary N) is 6. The van der Waals surface area contributed by atoms with Crippen LogP contribution in [0.4, 0.5) is 0 Å². The lowest BCUT2D eigenvalue weighted by Gasteiger charge is -2.47. The first-order chi connectivity index (χ1) is 29.2. The molecule has 0 aliphatic carbocycles. The minimum absolute atomic E-state index is 0.0556. The van der Waals surface area contributed by atoms with Crippen molar-refractivity contribution in [3.63, 3.8) is 0 Å². The predicted molar refractivity (Wildman–Crippen MR) is 213 cm³/mol. The minimum atomic E-state index is -2.81. The standard InChI is InChI=1S/C39H63N9O14/c1-6-26-22(18-28(51)52)13-14-39(60,62-26)38(5,59)37(58)45-30-31(20(2)3)61-36(57)29(21(4)49)44-33(54)24-11-8-16-42-47(24)34(55)25-12-9-15-41-46(25)27(50)19-40-32(53)23-10-7-17-43-48(23)35(30)56/h20-26,29-31,41-43,49,59-60H,6-19H2,1-5H3,(H,40,53)(H,44,54)(H,45,58)(H,51,52)/t21-,22-,23-,24+,25-,26-,29+,30+,31+,38-,39-/m1/s1. The molecular weight excluding hydrogens is 818 g/mol. The van der Waals surface area contributed by atoms with Crippen LogP contribution >= 0.6 is 0 Å². The molecule has 5 saturated heterocycles. The molecule has 0 unspecified atom stereocenters. The average Bonchev–Trinajstić information content (AvgIpc) is 3.24. The van der Waals surface area contributed by atoms with E-state index in [1.54, 1.807) is 20.8 Å². The smallest absolute Gasteiger partial charge is 0.331 e. The van der Waals surface area contributed by atoms with E-state index < -0.39 is 126 Å². The van der Waals surface area contributed by atoms with Gasteiger partial charge in [-0.2, -0.15) is 0 Å². The van der Waals surface area contributed by atoms with Gasteiger partial charge in [0.2, 0.25) is 17.6 Å². The van der Waals surface area contributed by atoms with E-state index in [1.165, 1.54) is 6.92 Å². The number of amides is 6. The molecule has 5 aliphatic heterocycles. The van der Waals surface area contributed by atoms with Crippen LogP contribution in [0, 0.1) is 11.8 Å². The maximum Gasteiger partial charge on any atom is 0.331 e. The van der Waals surface area contributed by atoms with Gasteiger partial charge in [0, 0.05) is 26.1 Å². The number of carbonyl (C=O) groups excluding carboxylic acids is 7. The van der Waals surface area contributed by atoms with Crippen LogP contribution in [0.15, 0.2) is 0 Å². The number of hydrogen-bond donors (Lipinski definition) is 10. The van der Waals surface area contributed by atoms with Crippen molar-refractivity contribution in [2.24, 2.45) is 11.8 Å². The molecule has 0 aromatic heterocycles. The third kappa shape index (κ3) is 10.5. The van der Waals surface area contributed by atoms with Crippen LogP contribution in [0.1, 0.15) is 98.8 Å².